The van der Waals surface area contributed by atoms with Crippen LogP contribution >= 0.6 is 0 Å². The average molecular weight is 445 g/mol. The molecule has 0 bridgehead atoms. The van der Waals surface area contributed by atoms with Gasteiger partial charge in [0.15, 0.2) is 12.3 Å². The van der Waals surface area contributed by atoms with E-state index in [0.717, 1.165) is 42.6 Å². The predicted molar refractivity (Wildman–Crippen MR) is 125 cm³/mol. The van der Waals surface area contributed by atoms with Gasteiger partial charge in [-0.15, -0.1) is 0 Å². The van der Waals surface area contributed by atoms with Gasteiger partial charge in [0.25, 0.3) is 11.8 Å². The van der Waals surface area contributed by atoms with Gasteiger partial charge in [0.2, 0.25) is 0 Å². The summed E-state index contributed by atoms with van der Waals surface area (Å²) in [5, 5.41) is 4.49. The third-order valence-electron chi connectivity index (χ3n) is 6.38. The SMILES string of the molecule is O=C(COc1ccc(-c2ccccc2)cc1)N1CCN(C(=O)c2cc3n(n2)CCCC3)CC1. The molecule has 0 aliphatic carbocycles. The largest absolute Gasteiger partial charge is 0.484 e. The molecule has 0 radical (unpaired) electrons. The van der Waals surface area contributed by atoms with Crippen LogP contribution in [0.3, 0.4) is 0 Å². The maximum atomic E-state index is 12.9. The van der Waals surface area contributed by atoms with Gasteiger partial charge in [0, 0.05) is 38.4 Å². The number of aryl methyl sites for hydroxylation is 2. The zero-order chi connectivity index (χ0) is 22.6. The Morgan fingerprint density at radius 3 is 2.24 bits per heavy atom. The van der Waals surface area contributed by atoms with E-state index in [0.29, 0.717) is 37.6 Å². The first kappa shape index (κ1) is 21.2. The smallest absolute Gasteiger partial charge is 0.274 e. The number of carbonyl (C=O) groups excluding carboxylic acids is 2. The summed E-state index contributed by atoms with van der Waals surface area (Å²) in [5.41, 5.74) is 3.92. The molecule has 2 aliphatic rings. The van der Waals surface area contributed by atoms with Gasteiger partial charge in [-0.3, -0.25) is 14.3 Å². The molecule has 5 rings (SSSR count). The summed E-state index contributed by atoms with van der Waals surface area (Å²) in [6, 6.07) is 19.8. The molecule has 3 heterocycles. The zero-order valence-corrected chi connectivity index (χ0v) is 18.7. The number of fused-ring (bicyclic) bond motifs is 1. The standard InChI is InChI=1S/C26H28N4O3/c31-25(19-33-23-11-9-21(10-12-23)20-6-2-1-3-7-20)28-14-16-29(17-15-28)26(32)24-18-22-8-4-5-13-30(22)27-24/h1-3,6-7,9-12,18H,4-5,8,13-17,19H2. The van der Waals surface area contributed by atoms with Crippen molar-refractivity contribution in [3.63, 3.8) is 0 Å². The summed E-state index contributed by atoms with van der Waals surface area (Å²) in [5.74, 6) is 0.561. The summed E-state index contributed by atoms with van der Waals surface area (Å²) in [7, 11) is 0. The molecule has 0 saturated carbocycles. The Balaban J connectivity index is 1.10. The molecule has 1 fully saturated rings. The van der Waals surface area contributed by atoms with Crippen molar-refractivity contribution in [1.82, 2.24) is 19.6 Å². The Morgan fingerprint density at radius 1 is 0.818 bits per heavy atom. The van der Waals surface area contributed by atoms with Gasteiger partial charge < -0.3 is 14.5 Å². The number of rotatable bonds is 5. The second-order valence-electron chi connectivity index (χ2n) is 8.55. The summed E-state index contributed by atoms with van der Waals surface area (Å²) in [4.78, 5) is 29.0. The minimum absolute atomic E-state index is 0.00754. The minimum atomic E-state index is -0.0632. The molecular formula is C26H28N4O3. The summed E-state index contributed by atoms with van der Waals surface area (Å²) in [6.45, 7) is 2.92. The highest BCUT2D eigenvalue weighted by Gasteiger charge is 2.27. The van der Waals surface area contributed by atoms with E-state index in [2.05, 4.69) is 17.2 Å². The number of carbonyl (C=O) groups is 2. The van der Waals surface area contributed by atoms with Crippen LogP contribution in [-0.2, 0) is 17.8 Å². The van der Waals surface area contributed by atoms with Crippen molar-refractivity contribution in [2.24, 2.45) is 0 Å². The molecule has 33 heavy (non-hydrogen) atoms. The Bertz CT molecular complexity index is 1090. The van der Waals surface area contributed by atoms with Crippen molar-refractivity contribution >= 4 is 11.8 Å². The molecule has 0 atom stereocenters. The molecule has 2 aromatic carbocycles. The molecular weight excluding hydrogens is 416 g/mol. The number of ether oxygens (including phenoxy) is 1. The fourth-order valence-corrected chi connectivity index (χ4v) is 4.45. The van der Waals surface area contributed by atoms with Crippen molar-refractivity contribution in [1.29, 1.82) is 0 Å². The number of aromatic nitrogens is 2. The van der Waals surface area contributed by atoms with Gasteiger partial charge in [-0.25, -0.2) is 0 Å². The Morgan fingerprint density at radius 2 is 1.52 bits per heavy atom. The quantitative estimate of drug-likeness (QED) is 0.606. The van der Waals surface area contributed by atoms with Crippen LogP contribution in [-0.4, -0.2) is 64.2 Å². The number of benzene rings is 2. The lowest BCUT2D eigenvalue weighted by atomic mass is 10.1. The first-order chi connectivity index (χ1) is 16.2. The van der Waals surface area contributed by atoms with Crippen LogP contribution in [0, 0.1) is 0 Å². The van der Waals surface area contributed by atoms with Crippen LogP contribution in [0.2, 0.25) is 0 Å². The fourth-order valence-electron chi connectivity index (χ4n) is 4.45. The van der Waals surface area contributed by atoms with Crippen molar-refractivity contribution in [2.75, 3.05) is 32.8 Å². The van der Waals surface area contributed by atoms with Gasteiger partial charge in [-0.05, 0) is 48.6 Å². The van der Waals surface area contributed by atoms with Crippen LogP contribution in [0.25, 0.3) is 11.1 Å². The van der Waals surface area contributed by atoms with E-state index in [1.165, 1.54) is 0 Å². The molecule has 1 aromatic heterocycles. The van der Waals surface area contributed by atoms with Gasteiger partial charge in [0.1, 0.15) is 5.75 Å². The average Bonchev–Trinajstić information content (AvgIpc) is 3.32. The maximum absolute atomic E-state index is 12.9. The van der Waals surface area contributed by atoms with Crippen LogP contribution in [0.1, 0.15) is 29.0 Å². The molecule has 0 N–H and O–H groups in total. The number of hydrogen-bond acceptors (Lipinski definition) is 4. The highest BCUT2D eigenvalue weighted by Crippen LogP contribution is 2.22. The lowest BCUT2D eigenvalue weighted by Crippen LogP contribution is -2.51. The molecule has 2 amide bonds. The zero-order valence-electron chi connectivity index (χ0n) is 18.7. The number of nitrogens with zero attached hydrogens (tertiary/aromatic N) is 4. The number of piperazine rings is 1. The van der Waals surface area contributed by atoms with Gasteiger partial charge in [0.05, 0.1) is 0 Å². The van der Waals surface area contributed by atoms with Crippen LogP contribution < -0.4 is 4.74 Å². The van der Waals surface area contributed by atoms with E-state index in [4.69, 9.17) is 4.74 Å². The third-order valence-corrected chi connectivity index (χ3v) is 6.38. The summed E-state index contributed by atoms with van der Waals surface area (Å²) < 4.78 is 7.68. The Kier molecular flexibility index (Phi) is 6.11. The normalized spacial score (nSPS) is 15.8. The van der Waals surface area contributed by atoms with Crippen LogP contribution in [0.4, 0.5) is 0 Å². The van der Waals surface area contributed by atoms with Crippen molar-refractivity contribution in [2.45, 2.75) is 25.8 Å². The van der Waals surface area contributed by atoms with Crippen LogP contribution in [0.5, 0.6) is 5.75 Å². The van der Waals surface area contributed by atoms with E-state index in [1.807, 2.05) is 53.2 Å². The van der Waals surface area contributed by atoms with Crippen molar-refractivity contribution < 1.29 is 14.3 Å². The number of amides is 2. The maximum Gasteiger partial charge on any atom is 0.274 e. The van der Waals surface area contributed by atoms with E-state index in [-0.39, 0.29) is 18.4 Å². The van der Waals surface area contributed by atoms with Gasteiger partial charge >= 0.3 is 0 Å². The molecule has 7 heteroatoms. The molecule has 0 spiro atoms. The topological polar surface area (TPSA) is 67.7 Å². The molecule has 0 unspecified atom stereocenters. The van der Waals surface area contributed by atoms with Crippen molar-refractivity contribution in [3.8, 4) is 16.9 Å². The first-order valence-electron chi connectivity index (χ1n) is 11.6. The van der Waals surface area contributed by atoms with E-state index in [1.54, 1.807) is 9.80 Å². The van der Waals surface area contributed by atoms with Gasteiger partial charge in [-0.1, -0.05) is 42.5 Å². The Hall–Kier alpha value is -3.61. The summed E-state index contributed by atoms with van der Waals surface area (Å²) >= 11 is 0. The predicted octanol–water partition coefficient (Wildman–Crippen LogP) is 3.25. The lowest BCUT2D eigenvalue weighted by Gasteiger charge is -2.34. The first-order valence-corrected chi connectivity index (χ1v) is 11.6. The Labute approximate surface area is 193 Å². The van der Waals surface area contributed by atoms with E-state index in [9.17, 15) is 9.59 Å². The number of hydrogen-bond donors (Lipinski definition) is 0. The van der Waals surface area contributed by atoms with E-state index >= 15 is 0 Å². The minimum Gasteiger partial charge on any atom is -0.484 e. The second kappa shape index (κ2) is 9.48. The fraction of sp³-hybridized carbons (Fsp3) is 0.346. The monoisotopic (exact) mass is 444 g/mol. The molecule has 7 nitrogen and oxygen atoms in total. The van der Waals surface area contributed by atoms with Gasteiger partial charge in [-0.2, -0.15) is 5.10 Å². The third kappa shape index (κ3) is 4.77. The van der Waals surface area contributed by atoms with Crippen LogP contribution in [0.15, 0.2) is 60.7 Å². The summed E-state index contributed by atoms with van der Waals surface area (Å²) in [6.07, 6.45) is 3.25. The highest BCUT2D eigenvalue weighted by atomic mass is 16.5. The second-order valence-corrected chi connectivity index (χ2v) is 8.55. The molecule has 1 saturated heterocycles. The molecule has 3 aromatic rings. The molecule has 170 valence electrons. The highest BCUT2D eigenvalue weighted by molar-refractivity contribution is 5.92. The molecule has 2 aliphatic heterocycles. The lowest BCUT2D eigenvalue weighted by molar-refractivity contribution is -0.134. The van der Waals surface area contributed by atoms with E-state index < -0.39 is 0 Å². The van der Waals surface area contributed by atoms with Crippen molar-refractivity contribution in [3.05, 3.63) is 72.1 Å².